The van der Waals surface area contributed by atoms with Gasteiger partial charge in [-0.3, -0.25) is 33.6 Å². The maximum absolute atomic E-state index is 14.8. The molecule has 5 heterocycles. The van der Waals surface area contributed by atoms with Crippen molar-refractivity contribution in [2.24, 2.45) is 11.8 Å². The Bertz CT molecular complexity index is 2810. The molecule has 18 N–H and O–H groups in total. The van der Waals surface area contributed by atoms with Crippen molar-refractivity contribution in [1.82, 2.24) is 42.2 Å². The number of ether oxygens (including phenoxy) is 5. The van der Waals surface area contributed by atoms with Crippen molar-refractivity contribution in [3.63, 3.8) is 0 Å². The molecule has 3 aromatic rings. The first-order chi connectivity index (χ1) is 41.9. The molecule has 7 amide bonds. The van der Waals surface area contributed by atoms with Gasteiger partial charge in [-0.2, -0.15) is 0 Å². The second-order valence-electron chi connectivity index (χ2n) is 23.4. The topological polar surface area (TPSA) is 468 Å². The van der Waals surface area contributed by atoms with Crippen LogP contribution < -0.4 is 37.2 Å². The number of hydrogen-bond donors (Lipinski definition) is 18. The maximum Gasteiger partial charge on any atom is 0.243 e. The van der Waals surface area contributed by atoms with E-state index < -0.39 is 196 Å². The number of amides is 7. The molecule has 0 bridgehead atoms. The lowest BCUT2D eigenvalue weighted by Crippen LogP contribution is -2.67. The van der Waals surface area contributed by atoms with E-state index in [0.717, 1.165) is 5.52 Å². The molecule has 88 heavy (non-hydrogen) atoms. The number of aliphatic hydroxyl groups excluding tert-OH is 10. The molecule has 30 heteroatoms. The number of aliphatic hydroxyl groups is 10. The second-order valence-corrected chi connectivity index (χ2v) is 23.4. The Balaban J connectivity index is 1.08. The highest BCUT2D eigenvalue weighted by Gasteiger charge is 2.54. The summed E-state index contributed by atoms with van der Waals surface area (Å²) < 4.78 is 28.1. The van der Waals surface area contributed by atoms with E-state index in [2.05, 4.69) is 42.2 Å². The van der Waals surface area contributed by atoms with E-state index in [4.69, 9.17) is 23.7 Å². The lowest BCUT2D eigenvalue weighted by atomic mass is 9.95. The highest BCUT2D eigenvalue weighted by atomic mass is 16.7. The highest BCUT2D eigenvalue weighted by Crippen LogP contribution is 2.33. The fourth-order valence-corrected chi connectivity index (χ4v) is 11.0. The number of fused-ring (bicyclic) bond motifs is 1. The molecule has 0 unspecified atom stereocenters. The van der Waals surface area contributed by atoms with Crippen LogP contribution in [0.3, 0.4) is 0 Å². The molecule has 1 aromatic heterocycles. The lowest BCUT2D eigenvalue weighted by molar-refractivity contribution is -0.373. The van der Waals surface area contributed by atoms with Crippen molar-refractivity contribution >= 4 is 52.3 Å². The van der Waals surface area contributed by atoms with E-state index in [1.165, 1.54) is 0 Å². The Morgan fingerprint density at radius 3 is 1.67 bits per heavy atom. The third-order valence-electron chi connectivity index (χ3n) is 15.7. The van der Waals surface area contributed by atoms with E-state index in [9.17, 15) is 84.6 Å². The van der Waals surface area contributed by atoms with Gasteiger partial charge >= 0.3 is 0 Å². The summed E-state index contributed by atoms with van der Waals surface area (Å²) in [5.41, 5.74) is 1.95. The smallest absolute Gasteiger partial charge is 0.243 e. The number of rotatable bonds is 20. The van der Waals surface area contributed by atoms with Crippen LogP contribution in [0.15, 0.2) is 60.8 Å². The van der Waals surface area contributed by atoms with Crippen LogP contribution >= 0.6 is 0 Å². The zero-order valence-corrected chi connectivity index (χ0v) is 49.1. The van der Waals surface area contributed by atoms with Gasteiger partial charge < -0.3 is 117 Å². The summed E-state index contributed by atoms with van der Waals surface area (Å²) in [6, 6.07) is 9.21. The van der Waals surface area contributed by atoms with Crippen LogP contribution in [-0.4, -0.2) is 246 Å². The summed E-state index contributed by atoms with van der Waals surface area (Å²) in [5, 5.41) is 125. The summed E-state index contributed by atoms with van der Waals surface area (Å²) in [6.45, 7) is 3.95. The molecule has 4 fully saturated rings. The van der Waals surface area contributed by atoms with Gasteiger partial charge in [-0.1, -0.05) is 76.2 Å². The predicted octanol–water partition coefficient (Wildman–Crippen LogP) is -5.67. The van der Waals surface area contributed by atoms with Crippen LogP contribution in [0.1, 0.15) is 70.9 Å². The number of carbonyl (C=O) groups excluding carboxylic acids is 7. The molecule has 7 rings (SSSR count). The number of para-hydroxylation sites is 1. The van der Waals surface area contributed by atoms with Gasteiger partial charge in [0.15, 0.2) is 18.8 Å². The van der Waals surface area contributed by atoms with Crippen LogP contribution in [-0.2, 0) is 70.1 Å². The monoisotopic (exact) mass is 1240 g/mol. The summed E-state index contributed by atoms with van der Waals surface area (Å²) in [4.78, 5) is 103. The van der Waals surface area contributed by atoms with Gasteiger partial charge in [-0.05, 0) is 54.7 Å². The van der Waals surface area contributed by atoms with E-state index in [0.29, 0.717) is 16.5 Å². The molecule has 0 saturated carbocycles. The number of aromatic nitrogens is 1. The Morgan fingerprint density at radius 1 is 0.557 bits per heavy atom. The first kappa shape index (κ1) is 69.1. The van der Waals surface area contributed by atoms with E-state index >= 15 is 0 Å². The van der Waals surface area contributed by atoms with E-state index in [-0.39, 0.29) is 50.4 Å². The number of hydrogen-bond acceptors (Lipinski definition) is 22. The zero-order valence-electron chi connectivity index (χ0n) is 49.1. The molecule has 4 saturated heterocycles. The van der Waals surface area contributed by atoms with E-state index in [1.54, 1.807) is 68.6 Å². The predicted molar refractivity (Wildman–Crippen MR) is 305 cm³/mol. The quantitative estimate of drug-likeness (QED) is 0.0501. The standard InChI is InChI=1S/C58H84N8O22/c1-26(2)17-33-53(81)63-34(18-27(3)4)54(82)62-32(52(80)65-36(20-29-21-59-31-14-9-8-13-30(29)31)55(83)64-35(19-28-11-6-5-7-12-28)51(79)60-22-41(71)61-33)15-10-16-40(70)66-56-46(76)44(74)49(38(24-68)84-56)87-58-48(78)45(75)50(39(25-69)86-58)88-57-47(77)43(73)42(72)37(23-67)85-57/h5-9,11-14,21,26-27,32-39,42-50,56-59,67-69,72-78H,10,15-20,22-25H2,1-4H3,(H,60,79)(H,61,71)(H,62,82)(H,63,81)(H,64,83)(H,65,80)(H,66,70)/t32-,33-,34+,35-,36-,37+,38+,39+,42+,43-,44+,45+,46+,47+,48+,49+,50+,56+,57+,58+/m0/s1. The molecule has 0 spiro atoms. The van der Waals surface area contributed by atoms with Crippen LogP contribution in [0.5, 0.6) is 0 Å². The fraction of sp³-hybridized carbons (Fsp3) is 0.638. The SMILES string of the molecule is CC(C)C[C@@H]1NC(=O)CNC(=O)[C@H](Cc2ccccc2)NC(=O)[C@H](Cc2c[nH]c3ccccc23)NC(=O)[C@H](CCCC(=O)N[C@@H]2O[C@H](CO)[C@@H](O[C@H]3O[C@H](CO)[C@@H](O[C@H]4O[C@H](CO)[C@@H](O)[C@H](O)[C@H]4O)[C@H](O)[C@H]3O)[C@H](O)[C@H]2O)NC(=O)[C@@H](CC(C)C)NC1=O. The molecule has 20 atom stereocenters. The van der Waals surface area contributed by atoms with Crippen molar-refractivity contribution in [2.75, 3.05) is 26.4 Å². The van der Waals surface area contributed by atoms with Gasteiger partial charge in [0, 0.05) is 36.4 Å². The molecule has 0 aliphatic carbocycles. The van der Waals surface area contributed by atoms with Crippen LogP contribution in [0.2, 0.25) is 0 Å². The number of aromatic amines is 1. The molecular formula is C58H84N8O22. The first-order valence-electron chi connectivity index (χ1n) is 29.4. The van der Waals surface area contributed by atoms with Crippen LogP contribution in [0.25, 0.3) is 10.9 Å². The summed E-state index contributed by atoms with van der Waals surface area (Å²) in [6.07, 6.45) is -26.6. The van der Waals surface area contributed by atoms with Crippen molar-refractivity contribution in [2.45, 2.75) is 195 Å². The Hall–Kier alpha value is -6.33. The van der Waals surface area contributed by atoms with Gasteiger partial charge in [0.25, 0.3) is 0 Å². The Kier molecular flexibility index (Phi) is 25.1. The molecule has 30 nitrogen and oxygen atoms in total. The summed E-state index contributed by atoms with van der Waals surface area (Å²) in [7, 11) is 0. The maximum atomic E-state index is 14.8. The average Bonchev–Trinajstić information content (AvgIpc) is 1.46. The van der Waals surface area contributed by atoms with Crippen molar-refractivity contribution < 1.29 is 108 Å². The summed E-state index contributed by atoms with van der Waals surface area (Å²) >= 11 is 0. The number of carbonyl (C=O) groups is 7. The van der Waals surface area contributed by atoms with Crippen LogP contribution in [0, 0.1) is 11.8 Å². The number of nitrogens with one attached hydrogen (secondary N) is 8. The van der Waals surface area contributed by atoms with Gasteiger partial charge in [0.2, 0.25) is 41.4 Å². The number of benzene rings is 2. The zero-order chi connectivity index (χ0) is 64.1. The third-order valence-corrected chi connectivity index (χ3v) is 15.7. The molecule has 4 aliphatic heterocycles. The van der Waals surface area contributed by atoms with Gasteiger partial charge in [0.1, 0.15) is 103 Å². The molecular weight excluding hydrogens is 1160 g/mol. The minimum Gasteiger partial charge on any atom is -0.394 e. The van der Waals surface area contributed by atoms with Crippen LogP contribution in [0.4, 0.5) is 0 Å². The van der Waals surface area contributed by atoms with Crippen molar-refractivity contribution in [1.29, 1.82) is 0 Å². The fourth-order valence-electron chi connectivity index (χ4n) is 11.0. The van der Waals surface area contributed by atoms with Gasteiger partial charge in [0.05, 0.1) is 26.4 Å². The summed E-state index contributed by atoms with van der Waals surface area (Å²) in [5.74, 6) is -5.90. The molecule has 488 valence electrons. The van der Waals surface area contributed by atoms with Crippen molar-refractivity contribution in [3.8, 4) is 0 Å². The molecule has 0 radical (unpaired) electrons. The Morgan fingerprint density at radius 2 is 1.06 bits per heavy atom. The van der Waals surface area contributed by atoms with Crippen molar-refractivity contribution in [3.05, 3.63) is 71.9 Å². The minimum atomic E-state index is -2.09. The average molecular weight is 1250 g/mol. The molecule has 2 aromatic carbocycles. The normalized spacial score (nSPS) is 34.2. The third kappa shape index (κ3) is 17.7. The van der Waals surface area contributed by atoms with Gasteiger partial charge in [-0.25, -0.2) is 0 Å². The van der Waals surface area contributed by atoms with Gasteiger partial charge in [-0.15, -0.1) is 0 Å². The first-order valence-corrected chi connectivity index (χ1v) is 29.4. The van der Waals surface area contributed by atoms with E-state index in [1.807, 2.05) is 19.9 Å². The second kappa shape index (κ2) is 31.9. The minimum absolute atomic E-state index is 0.0461. The largest absolute Gasteiger partial charge is 0.394 e. The molecule has 4 aliphatic rings. The lowest BCUT2D eigenvalue weighted by Gasteiger charge is -2.48. The highest BCUT2D eigenvalue weighted by molar-refractivity contribution is 5.98. The Labute approximate surface area is 506 Å². The number of H-pyrrole nitrogens is 1.